The molecule has 0 bridgehead atoms. The van der Waals surface area contributed by atoms with Crippen molar-refractivity contribution < 1.29 is 21.6 Å². The molecular weight excluding hydrogens is 405 g/mol. The van der Waals surface area contributed by atoms with Crippen molar-refractivity contribution in [2.75, 3.05) is 12.3 Å². The molecule has 10 heteroatoms. The van der Waals surface area contributed by atoms with Crippen LogP contribution >= 0.6 is 31.9 Å². The lowest BCUT2D eigenvalue weighted by Crippen LogP contribution is -2.34. The van der Waals surface area contributed by atoms with E-state index in [1.807, 2.05) is 0 Å². The molecule has 18 heavy (non-hydrogen) atoms. The molecule has 1 aromatic carbocycles. The Morgan fingerprint density at radius 3 is 2.28 bits per heavy atom. The maximum Gasteiger partial charge on any atom is 0.402 e. The lowest BCUT2D eigenvalue weighted by Gasteiger charge is -2.12. The Morgan fingerprint density at radius 1 is 1.28 bits per heavy atom. The van der Waals surface area contributed by atoms with Gasteiger partial charge in [0.1, 0.15) is 11.4 Å². The van der Waals surface area contributed by atoms with E-state index in [2.05, 4.69) is 31.9 Å². The first kappa shape index (κ1) is 15.7. The van der Waals surface area contributed by atoms with Crippen molar-refractivity contribution in [2.45, 2.75) is 11.1 Å². The third-order valence-electron chi connectivity index (χ3n) is 1.77. The summed E-state index contributed by atoms with van der Waals surface area (Å²) in [5.41, 5.74) is 5.33. The monoisotopic (exact) mass is 410 g/mol. The molecule has 0 fully saturated rings. The van der Waals surface area contributed by atoms with Crippen molar-refractivity contribution in [1.29, 1.82) is 0 Å². The van der Waals surface area contributed by atoms with Gasteiger partial charge in [-0.3, -0.25) is 0 Å². The van der Waals surface area contributed by atoms with Crippen molar-refractivity contribution in [2.24, 2.45) is 0 Å². The molecule has 0 spiro atoms. The van der Waals surface area contributed by atoms with Gasteiger partial charge < -0.3 is 5.73 Å². The van der Waals surface area contributed by atoms with Crippen molar-refractivity contribution in [3.63, 3.8) is 0 Å². The molecule has 0 amide bonds. The first-order valence-corrected chi connectivity index (χ1v) is 7.41. The summed E-state index contributed by atoms with van der Waals surface area (Å²) in [5.74, 6) is 0. The van der Waals surface area contributed by atoms with E-state index in [1.165, 1.54) is 16.9 Å². The van der Waals surface area contributed by atoms with Gasteiger partial charge in [-0.2, -0.15) is 13.2 Å². The number of nitrogens with two attached hydrogens (primary N) is 1. The molecule has 4 nitrogen and oxygen atoms in total. The molecule has 0 atom stereocenters. The second-order valence-electron chi connectivity index (χ2n) is 3.25. The van der Waals surface area contributed by atoms with Crippen LogP contribution in [-0.4, -0.2) is 21.1 Å². The maximum atomic E-state index is 12.0. The highest BCUT2D eigenvalue weighted by atomic mass is 79.9. The largest absolute Gasteiger partial charge is 0.402 e. The molecule has 0 saturated carbocycles. The second kappa shape index (κ2) is 5.35. The third kappa shape index (κ3) is 4.11. The van der Waals surface area contributed by atoms with Gasteiger partial charge in [-0.05, 0) is 28.1 Å². The predicted octanol–water partition coefficient (Wildman–Crippen LogP) is 2.63. The molecule has 0 saturated heterocycles. The molecule has 1 aromatic rings. The van der Waals surface area contributed by atoms with Gasteiger partial charge in [0.05, 0.1) is 5.69 Å². The lowest BCUT2D eigenvalue weighted by molar-refractivity contribution is -0.121. The second-order valence-corrected chi connectivity index (χ2v) is 6.72. The zero-order chi connectivity index (χ0) is 14.1. The van der Waals surface area contributed by atoms with Crippen LogP contribution in [0.15, 0.2) is 26.0 Å². The number of sulfonamides is 1. The highest BCUT2D eigenvalue weighted by Crippen LogP contribution is 2.31. The van der Waals surface area contributed by atoms with E-state index in [-0.39, 0.29) is 10.2 Å². The maximum absolute atomic E-state index is 12.0. The van der Waals surface area contributed by atoms with Crippen molar-refractivity contribution in [1.82, 2.24) is 4.72 Å². The summed E-state index contributed by atoms with van der Waals surface area (Å²) in [7, 11) is -4.33. The summed E-state index contributed by atoms with van der Waals surface area (Å²) in [6.45, 7) is -1.66. The molecule has 3 N–H and O–H groups in total. The van der Waals surface area contributed by atoms with Crippen LogP contribution in [0.1, 0.15) is 0 Å². The quantitative estimate of drug-likeness (QED) is 0.751. The van der Waals surface area contributed by atoms with Gasteiger partial charge in [-0.25, -0.2) is 13.1 Å². The lowest BCUT2D eigenvalue weighted by atomic mass is 10.3. The third-order valence-corrected chi connectivity index (χ3v) is 4.63. The van der Waals surface area contributed by atoms with Crippen LogP contribution in [0.3, 0.4) is 0 Å². The van der Waals surface area contributed by atoms with E-state index >= 15 is 0 Å². The van der Waals surface area contributed by atoms with Gasteiger partial charge in [0.15, 0.2) is 0 Å². The smallest absolute Gasteiger partial charge is 0.398 e. The average Bonchev–Trinajstić information content (AvgIpc) is 2.11. The SMILES string of the molecule is Nc1cc(Br)cc(Br)c1S(=O)(=O)NCC(F)(F)F. The van der Waals surface area contributed by atoms with Crippen molar-refractivity contribution in [3.8, 4) is 0 Å². The van der Waals surface area contributed by atoms with Crippen LogP contribution in [0.2, 0.25) is 0 Å². The standard InChI is InChI=1S/C8H7Br2F3N2O2S/c9-4-1-5(10)7(6(14)2-4)18(16,17)15-3-8(11,12)13/h1-2,15H,3,14H2. The van der Waals surface area contributed by atoms with E-state index in [9.17, 15) is 21.6 Å². The Hall–Kier alpha value is -0.320. The fourth-order valence-corrected chi connectivity index (χ4v) is 4.19. The zero-order valence-corrected chi connectivity index (χ0v) is 12.5. The molecule has 102 valence electrons. The molecular formula is C8H7Br2F3N2O2S. The summed E-state index contributed by atoms with van der Waals surface area (Å²) < 4.78 is 61.4. The molecule has 1 rings (SSSR count). The summed E-state index contributed by atoms with van der Waals surface area (Å²) in [5, 5.41) is 0. The number of nitrogen functional groups attached to an aromatic ring is 1. The van der Waals surface area contributed by atoms with Gasteiger partial charge in [-0.15, -0.1) is 0 Å². The number of hydrogen-bond donors (Lipinski definition) is 2. The number of halogens is 5. The average molecular weight is 412 g/mol. The topological polar surface area (TPSA) is 72.2 Å². The van der Waals surface area contributed by atoms with E-state index in [0.29, 0.717) is 4.47 Å². The van der Waals surface area contributed by atoms with Gasteiger partial charge in [0, 0.05) is 8.95 Å². The molecule has 0 aliphatic carbocycles. The van der Waals surface area contributed by atoms with Crippen LogP contribution in [-0.2, 0) is 10.0 Å². The minimum atomic E-state index is -4.64. The highest BCUT2D eigenvalue weighted by Gasteiger charge is 2.31. The van der Waals surface area contributed by atoms with Crippen molar-refractivity contribution >= 4 is 47.6 Å². The van der Waals surface area contributed by atoms with Crippen LogP contribution in [0.4, 0.5) is 18.9 Å². The number of hydrogen-bond acceptors (Lipinski definition) is 3. The Kier molecular flexibility index (Phi) is 4.68. The number of benzene rings is 1. The van der Waals surface area contributed by atoms with Crippen LogP contribution in [0.5, 0.6) is 0 Å². The first-order chi connectivity index (χ1) is 8.03. The number of alkyl halides is 3. The number of nitrogens with one attached hydrogen (secondary N) is 1. The van der Waals surface area contributed by atoms with Gasteiger partial charge in [-0.1, -0.05) is 15.9 Å². The first-order valence-electron chi connectivity index (χ1n) is 4.34. The van der Waals surface area contributed by atoms with Gasteiger partial charge in [0.25, 0.3) is 0 Å². The predicted molar refractivity (Wildman–Crippen MR) is 67.5 cm³/mol. The molecule has 0 aliphatic heterocycles. The summed E-state index contributed by atoms with van der Waals surface area (Å²) in [6.07, 6.45) is -4.64. The van der Waals surface area contributed by atoms with Crippen LogP contribution in [0.25, 0.3) is 0 Å². The Balaban J connectivity index is 3.14. The minimum Gasteiger partial charge on any atom is -0.398 e. The Bertz CT molecular complexity index is 537. The van der Waals surface area contributed by atoms with E-state index in [4.69, 9.17) is 5.73 Å². The van der Waals surface area contributed by atoms with Crippen LogP contribution < -0.4 is 10.5 Å². The number of anilines is 1. The Morgan fingerprint density at radius 2 is 1.83 bits per heavy atom. The molecule has 0 unspecified atom stereocenters. The molecule has 0 aromatic heterocycles. The van der Waals surface area contributed by atoms with Gasteiger partial charge in [0.2, 0.25) is 10.0 Å². The summed E-state index contributed by atoms with van der Waals surface area (Å²) in [6, 6.07) is 2.66. The minimum absolute atomic E-state index is 0.0732. The molecule has 0 aliphatic rings. The fourth-order valence-electron chi connectivity index (χ4n) is 1.11. The summed E-state index contributed by atoms with van der Waals surface area (Å²) >= 11 is 6.02. The highest BCUT2D eigenvalue weighted by molar-refractivity contribution is 9.11. The Labute approximate surface area is 118 Å². The van der Waals surface area contributed by atoms with E-state index < -0.39 is 27.6 Å². The molecule has 0 heterocycles. The van der Waals surface area contributed by atoms with Crippen LogP contribution in [0, 0.1) is 0 Å². The van der Waals surface area contributed by atoms with Gasteiger partial charge >= 0.3 is 6.18 Å². The normalized spacial score (nSPS) is 12.7. The molecule has 0 radical (unpaired) electrons. The number of rotatable bonds is 3. The summed E-state index contributed by atoms with van der Waals surface area (Å²) in [4.78, 5) is -0.421. The fraction of sp³-hybridized carbons (Fsp3) is 0.250. The van der Waals surface area contributed by atoms with E-state index in [0.717, 1.165) is 0 Å². The zero-order valence-electron chi connectivity index (χ0n) is 8.55. The van der Waals surface area contributed by atoms with Crippen molar-refractivity contribution in [3.05, 3.63) is 21.1 Å². The van der Waals surface area contributed by atoms with E-state index in [1.54, 1.807) is 0 Å².